The van der Waals surface area contributed by atoms with Crippen LogP contribution in [-0.4, -0.2) is 21.1 Å². The molecule has 1 amide bonds. The number of rotatable bonds is 3. The summed E-state index contributed by atoms with van der Waals surface area (Å²) in [7, 11) is 0. The first-order chi connectivity index (χ1) is 13.7. The second-order valence-corrected chi connectivity index (χ2v) is 7.30. The lowest BCUT2D eigenvalue weighted by Crippen LogP contribution is -2.32. The van der Waals surface area contributed by atoms with Crippen molar-refractivity contribution in [2.75, 3.05) is 0 Å². The van der Waals surface area contributed by atoms with Crippen LogP contribution < -0.4 is 10.9 Å². The van der Waals surface area contributed by atoms with Gasteiger partial charge in [-0.2, -0.15) is 5.10 Å². The van der Waals surface area contributed by atoms with E-state index in [4.69, 9.17) is 0 Å². The maximum Gasteiger partial charge on any atom is 0.272 e. The van der Waals surface area contributed by atoms with Gasteiger partial charge in [-0.3, -0.25) is 9.59 Å². The average Bonchev–Trinajstić information content (AvgIpc) is 3.10. The Morgan fingerprint density at radius 2 is 1.82 bits per heavy atom. The van der Waals surface area contributed by atoms with E-state index in [1.807, 2.05) is 24.3 Å². The van der Waals surface area contributed by atoms with Gasteiger partial charge in [0.2, 0.25) is 5.91 Å². The first-order valence-electron chi connectivity index (χ1n) is 9.56. The Morgan fingerprint density at radius 1 is 1.07 bits per heavy atom. The van der Waals surface area contributed by atoms with Crippen molar-refractivity contribution in [3.8, 4) is 0 Å². The zero-order chi connectivity index (χ0) is 19.1. The Bertz CT molecular complexity index is 1250. The molecule has 0 aliphatic heterocycles. The molecule has 2 aromatic heterocycles. The monoisotopic (exact) mass is 372 g/mol. The molecule has 0 saturated carbocycles. The molecule has 1 aliphatic rings. The van der Waals surface area contributed by atoms with Crippen LogP contribution in [0.1, 0.15) is 35.8 Å². The third-order valence-corrected chi connectivity index (χ3v) is 5.55. The lowest BCUT2D eigenvalue weighted by Gasteiger charge is -2.24. The van der Waals surface area contributed by atoms with Crippen molar-refractivity contribution in [3.63, 3.8) is 0 Å². The van der Waals surface area contributed by atoms with Crippen molar-refractivity contribution in [2.24, 2.45) is 0 Å². The van der Waals surface area contributed by atoms with E-state index < -0.39 is 0 Å². The molecular formula is C22H20N4O2. The minimum absolute atomic E-state index is 0.0299. The highest BCUT2D eigenvalue weighted by molar-refractivity contribution is 5.89. The molecule has 3 N–H and O–H groups in total. The summed E-state index contributed by atoms with van der Waals surface area (Å²) >= 11 is 0. The molecule has 1 atom stereocenters. The Kier molecular flexibility index (Phi) is 3.97. The van der Waals surface area contributed by atoms with Crippen molar-refractivity contribution in [1.82, 2.24) is 20.5 Å². The van der Waals surface area contributed by atoms with Crippen LogP contribution in [0.5, 0.6) is 0 Å². The van der Waals surface area contributed by atoms with E-state index in [1.165, 1.54) is 10.9 Å². The van der Waals surface area contributed by atoms with Gasteiger partial charge in [-0.1, -0.05) is 36.4 Å². The molecular weight excluding hydrogens is 352 g/mol. The number of aromatic amines is 2. The Hall–Kier alpha value is -3.41. The van der Waals surface area contributed by atoms with Crippen LogP contribution in [0, 0.1) is 0 Å². The minimum atomic E-state index is -0.241. The topological polar surface area (TPSA) is 90.6 Å². The number of carbonyl (C=O) groups is 1. The van der Waals surface area contributed by atoms with Gasteiger partial charge in [0, 0.05) is 22.0 Å². The Morgan fingerprint density at radius 3 is 2.68 bits per heavy atom. The van der Waals surface area contributed by atoms with Crippen LogP contribution in [0.2, 0.25) is 0 Å². The number of fused-ring (bicyclic) bond motifs is 4. The van der Waals surface area contributed by atoms with Crippen molar-refractivity contribution in [2.45, 2.75) is 31.7 Å². The second kappa shape index (κ2) is 6.64. The molecule has 0 spiro atoms. The minimum Gasteiger partial charge on any atom is -0.356 e. The summed E-state index contributed by atoms with van der Waals surface area (Å²) < 4.78 is 0. The molecule has 140 valence electrons. The SMILES string of the molecule is O=C(Cc1n[nH]c(=O)c2ccccc12)NC1CCCc2c1[nH]c1ccccc21. The molecule has 6 nitrogen and oxygen atoms in total. The van der Waals surface area contributed by atoms with E-state index >= 15 is 0 Å². The number of hydrogen-bond donors (Lipinski definition) is 3. The van der Waals surface area contributed by atoms with E-state index in [-0.39, 0.29) is 23.9 Å². The second-order valence-electron chi connectivity index (χ2n) is 7.30. The predicted octanol–water partition coefficient (Wildman–Crippen LogP) is 3.14. The van der Waals surface area contributed by atoms with E-state index in [2.05, 4.69) is 32.6 Å². The molecule has 5 rings (SSSR count). The van der Waals surface area contributed by atoms with Crippen LogP contribution in [0.3, 0.4) is 0 Å². The maximum atomic E-state index is 12.8. The molecule has 4 aromatic rings. The zero-order valence-electron chi connectivity index (χ0n) is 15.3. The number of nitrogens with one attached hydrogen (secondary N) is 3. The first-order valence-corrected chi connectivity index (χ1v) is 9.56. The first kappa shape index (κ1) is 16.7. The Labute approximate surface area is 161 Å². The molecule has 1 aliphatic carbocycles. The maximum absolute atomic E-state index is 12.8. The molecule has 2 heterocycles. The molecule has 0 saturated heterocycles. The zero-order valence-corrected chi connectivity index (χ0v) is 15.3. The number of amides is 1. The van der Waals surface area contributed by atoms with E-state index in [0.29, 0.717) is 11.1 Å². The number of hydrogen-bond acceptors (Lipinski definition) is 3. The van der Waals surface area contributed by atoms with Gasteiger partial charge in [-0.25, -0.2) is 5.10 Å². The normalized spacial score (nSPS) is 16.2. The van der Waals surface area contributed by atoms with Crippen molar-refractivity contribution in [3.05, 3.63) is 75.8 Å². The molecule has 0 bridgehead atoms. The largest absolute Gasteiger partial charge is 0.356 e. The predicted molar refractivity (Wildman–Crippen MR) is 108 cm³/mol. The molecule has 0 fully saturated rings. The highest BCUT2D eigenvalue weighted by atomic mass is 16.1. The number of para-hydroxylation sites is 1. The number of benzene rings is 2. The van der Waals surface area contributed by atoms with Gasteiger partial charge in [-0.05, 0) is 37.0 Å². The lowest BCUT2D eigenvalue weighted by atomic mass is 9.91. The molecule has 28 heavy (non-hydrogen) atoms. The van der Waals surface area contributed by atoms with E-state index in [0.717, 1.165) is 35.9 Å². The molecule has 0 radical (unpaired) electrons. The molecule has 1 unspecified atom stereocenters. The van der Waals surface area contributed by atoms with Crippen molar-refractivity contribution >= 4 is 27.6 Å². The quantitative estimate of drug-likeness (QED) is 0.516. The van der Waals surface area contributed by atoms with Gasteiger partial charge in [0.15, 0.2) is 0 Å². The molecule has 6 heteroatoms. The fraction of sp³-hybridized carbons (Fsp3) is 0.227. The van der Waals surface area contributed by atoms with Crippen LogP contribution in [0.4, 0.5) is 0 Å². The van der Waals surface area contributed by atoms with Crippen LogP contribution in [0.25, 0.3) is 21.7 Å². The number of aryl methyl sites for hydroxylation is 1. The smallest absolute Gasteiger partial charge is 0.272 e. The summed E-state index contributed by atoms with van der Waals surface area (Å²) in [5, 5.41) is 12.3. The number of H-pyrrole nitrogens is 2. The van der Waals surface area contributed by atoms with Gasteiger partial charge >= 0.3 is 0 Å². The summed E-state index contributed by atoms with van der Waals surface area (Å²) in [6.45, 7) is 0. The Balaban J connectivity index is 1.42. The third-order valence-electron chi connectivity index (χ3n) is 5.55. The summed E-state index contributed by atoms with van der Waals surface area (Å²) in [6.07, 6.45) is 3.10. The van der Waals surface area contributed by atoms with Gasteiger partial charge in [0.1, 0.15) is 0 Å². The number of carbonyl (C=O) groups excluding carboxylic acids is 1. The van der Waals surface area contributed by atoms with Gasteiger partial charge in [0.05, 0.1) is 23.5 Å². The fourth-order valence-corrected chi connectivity index (χ4v) is 4.26. The van der Waals surface area contributed by atoms with Crippen LogP contribution in [0.15, 0.2) is 53.3 Å². The summed E-state index contributed by atoms with van der Waals surface area (Å²) in [5.74, 6) is -0.0961. The van der Waals surface area contributed by atoms with Gasteiger partial charge in [-0.15, -0.1) is 0 Å². The summed E-state index contributed by atoms with van der Waals surface area (Å²) in [6, 6.07) is 15.5. The van der Waals surface area contributed by atoms with Gasteiger partial charge < -0.3 is 10.3 Å². The highest BCUT2D eigenvalue weighted by Crippen LogP contribution is 2.34. The fourth-order valence-electron chi connectivity index (χ4n) is 4.26. The van der Waals surface area contributed by atoms with Crippen molar-refractivity contribution in [1.29, 1.82) is 0 Å². The number of aromatic nitrogens is 3. The summed E-state index contributed by atoms with van der Waals surface area (Å²) in [5.41, 5.74) is 3.87. The van der Waals surface area contributed by atoms with Crippen LogP contribution in [-0.2, 0) is 17.6 Å². The molecule has 2 aromatic carbocycles. The third kappa shape index (κ3) is 2.78. The van der Waals surface area contributed by atoms with Crippen LogP contribution >= 0.6 is 0 Å². The van der Waals surface area contributed by atoms with Crippen molar-refractivity contribution < 1.29 is 4.79 Å². The van der Waals surface area contributed by atoms with E-state index in [1.54, 1.807) is 12.1 Å². The van der Waals surface area contributed by atoms with Gasteiger partial charge in [0.25, 0.3) is 5.56 Å². The summed E-state index contributed by atoms with van der Waals surface area (Å²) in [4.78, 5) is 28.2. The highest BCUT2D eigenvalue weighted by Gasteiger charge is 2.25. The average molecular weight is 372 g/mol. The lowest BCUT2D eigenvalue weighted by molar-refractivity contribution is -0.121. The standard InChI is InChI=1S/C22H20N4O2/c27-20(12-19-14-7-1-2-8-16(14)22(28)26-25-19)23-18-11-5-9-15-13-6-3-4-10-17(13)24-21(15)18/h1-4,6-8,10,18,24H,5,9,11-12H2,(H,23,27)(H,26,28). The van der Waals surface area contributed by atoms with E-state index in [9.17, 15) is 9.59 Å². The number of nitrogens with zero attached hydrogens (tertiary/aromatic N) is 1.